The molecule has 1 aliphatic rings. The van der Waals surface area contributed by atoms with E-state index in [0.29, 0.717) is 5.13 Å². The summed E-state index contributed by atoms with van der Waals surface area (Å²) >= 11 is 3.24. The topological polar surface area (TPSA) is 55.0 Å². The maximum atomic E-state index is 5.59. The number of rotatable bonds is 6. The number of nitrogens with zero attached hydrogens (tertiary/aromatic N) is 3. The molecule has 2 aromatic rings. The first-order chi connectivity index (χ1) is 10.8. The maximum absolute atomic E-state index is 5.59. The van der Waals surface area contributed by atoms with Crippen molar-refractivity contribution in [3.05, 3.63) is 35.9 Å². The van der Waals surface area contributed by atoms with Gasteiger partial charge in [-0.2, -0.15) is 0 Å². The summed E-state index contributed by atoms with van der Waals surface area (Å²) in [4.78, 5) is 2.57. The van der Waals surface area contributed by atoms with E-state index in [2.05, 4.69) is 45.4 Å². The lowest BCUT2D eigenvalue weighted by Gasteiger charge is -2.31. The molecule has 22 heavy (non-hydrogen) atoms. The second-order valence-electron chi connectivity index (χ2n) is 5.73. The second-order valence-corrected chi connectivity index (χ2v) is 8.08. The van der Waals surface area contributed by atoms with Crippen molar-refractivity contribution in [2.75, 3.05) is 31.1 Å². The van der Waals surface area contributed by atoms with Crippen LogP contribution in [0.2, 0.25) is 0 Å². The van der Waals surface area contributed by atoms with Gasteiger partial charge < -0.3 is 10.6 Å². The minimum Gasteiger partial charge on any atom is -0.374 e. The zero-order valence-corrected chi connectivity index (χ0v) is 14.3. The second kappa shape index (κ2) is 7.94. The van der Waals surface area contributed by atoms with Crippen LogP contribution in [-0.2, 0) is 6.42 Å². The average Bonchev–Trinajstić information content (AvgIpc) is 2.96. The highest BCUT2D eigenvalue weighted by molar-refractivity contribution is 8.01. The number of piperidine rings is 1. The summed E-state index contributed by atoms with van der Waals surface area (Å²) in [6.07, 6.45) is 3.85. The van der Waals surface area contributed by atoms with Gasteiger partial charge in [-0.05, 0) is 43.8 Å². The lowest BCUT2D eigenvalue weighted by atomic mass is 9.90. The summed E-state index contributed by atoms with van der Waals surface area (Å²) in [6.45, 7) is 3.56. The van der Waals surface area contributed by atoms with Crippen LogP contribution in [0.4, 0.5) is 5.13 Å². The van der Waals surface area contributed by atoms with Gasteiger partial charge in [0.05, 0.1) is 0 Å². The zero-order valence-electron chi connectivity index (χ0n) is 12.6. The lowest BCUT2D eigenvalue weighted by Crippen LogP contribution is -2.35. The molecule has 6 heteroatoms. The highest BCUT2D eigenvalue weighted by atomic mass is 32.2. The van der Waals surface area contributed by atoms with Gasteiger partial charge in [-0.1, -0.05) is 53.4 Å². The van der Waals surface area contributed by atoms with Crippen LogP contribution in [0.15, 0.2) is 34.7 Å². The Kier molecular flexibility index (Phi) is 5.70. The quantitative estimate of drug-likeness (QED) is 0.822. The van der Waals surface area contributed by atoms with Gasteiger partial charge >= 0.3 is 0 Å². The molecule has 1 fully saturated rings. The third-order valence-electron chi connectivity index (χ3n) is 4.13. The van der Waals surface area contributed by atoms with E-state index in [1.165, 1.54) is 49.3 Å². The van der Waals surface area contributed by atoms with Crippen LogP contribution in [0, 0.1) is 5.92 Å². The Morgan fingerprint density at radius 3 is 2.64 bits per heavy atom. The van der Waals surface area contributed by atoms with E-state index in [-0.39, 0.29) is 0 Å². The van der Waals surface area contributed by atoms with Crippen molar-refractivity contribution >= 4 is 28.2 Å². The van der Waals surface area contributed by atoms with Gasteiger partial charge in [0.15, 0.2) is 4.34 Å². The Balaban J connectivity index is 1.35. The number of nitrogens with two attached hydrogens (primary N) is 1. The third-order valence-corrected chi connectivity index (χ3v) is 6.00. The average molecular weight is 335 g/mol. The Bertz CT molecular complexity index is 565. The number of benzene rings is 1. The van der Waals surface area contributed by atoms with Crippen molar-refractivity contribution in [3.63, 3.8) is 0 Å². The standard InChI is InChI=1S/C16H22N4S2/c17-15-18-19-16(22-15)21-11-10-20-8-6-14(7-9-20)12-13-4-2-1-3-5-13/h1-5,14H,6-12H2,(H2,17,18). The largest absolute Gasteiger partial charge is 0.374 e. The molecule has 2 N–H and O–H groups in total. The number of likely N-dealkylation sites (tertiary alicyclic amines) is 1. The zero-order chi connectivity index (χ0) is 15.2. The summed E-state index contributed by atoms with van der Waals surface area (Å²) in [5.74, 6) is 1.91. The molecule has 118 valence electrons. The molecular weight excluding hydrogens is 312 g/mol. The smallest absolute Gasteiger partial charge is 0.203 e. The molecule has 0 amide bonds. The summed E-state index contributed by atoms with van der Waals surface area (Å²) in [7, 11) is 0. The van der Waals surface area contributed by atoms with E-state index in [9.17, 15) is 0 Å². The number of anilines is 1. The summed E-state index contributed by atoms with van der Waals surface area (Å²) in [6, 6.07) is 10.9. The van der Waals surface area contributed by atoms with E-state index in [1.54, 1.807) is 11.8 Å². The molecule has 0 radical (unpaired) electrons. The van der Waals surface area contributed by atoms with Gasteiger partial charge in [0, 0.05) is 12.3 Å². The molecule has 0 atom stereocenters. The van der Waals surface area contributed by atoms with Crippen molar-refractivity contribution in [2.24, 2.45) is 5.92 Å². The lowest BCUT2D eigenvalue weighted by molar-refractivity contribution is 0.193. The van der Waals surface area contributed by atoms with E-state index in [4.69, 9.17) is 5.73 Å². The summed E-state index contributed by atoms with van der Waals surface area (Å²) < 4.78 is 0.983. The summed E-state index contributed by atoms with van der Waals surface area (Å²) in [5.41, 5.74) is 7.07. The van der Waals surface area contributed by atoms with E-state index in [1.807, 2.05) is 0 Å². The number of aromatic nitrogens is 2. The van der Waals surface area contributed by atoms with Crippen molar-refractivity contribution in [1.29, 1.82) is 0 Å². The molecule has 1 saturated heterocycles. The van der Waals surface area contributed by atoms with Crippen LogP contribution in [0.1, 0.15) is 18.4 Å². The number of hydrogen-bond donors (Lipinski definition) is 1. The van der Waals surface area contributed by atoms with Gasteiger partial charge in [-0.15, -0.1) is 10.2 Å². The highest BCUT2D eigenvalue weighted by Crippen LogP contribution is 2.25. The first kappa shape index (κ1) is 15.8. The Morgan fingerprint density at radius 2 is 1.95 bits per heavy atom. The van der Waals surface area contributed by atoms with E-state index in [0.717, 1.165) is 22.6 Å². The molecular formula is C16H22N4S2. The molecule has 1 aromatic carbocycles. The highest BCUT2D eigenvalue weighted by Gasteiger charge is 2.19. The molecule has 0 bridgehead atoms. The molecule has 0 spiro atoms. The van der Waals surface area contributed by atoms with Crippen LogP contribution < -0.4 is 5.73 Å². The number of thioether (sulfide) groups is 1. The molecule has 2 heterocycles. The molecule has 0 aliphatic carbocycles. The molecule has 0 unspecified atom stereocenters. The fourth-order valence-corrected chi connectivity index (χ4v) is 4.61. The van der Waals surface area contributed by atoms with Crippen LogP contribution in [0.3, 0.4) is 0 Å². The Hall–Kier alpha value is -1.11. The molecule has 3 rings (SSSR count). The van der Waals surface area contributed by atoms with Crippen LogP contribution in [0.25, 0.3) is 0 Å². The first-order valence-corrected chi connectivity index (χ1v) is 9.58. The van der Waals surface area contributed by atoms with Crippen molar-refractivity contribution < 1.29 is 0 Å². The predicted molar refractivity (Wildman–Crippen MR) is 94.4 cm³/mol. The van der Waals surface area contributed by atoms with Crippen molar-refractivity contribution in [1.82, 2.24) is 15.1 Å². The first-order valence-electron chi connectivity index (χ1n) is 7.77. The minimum atomic E-state index is 0.559. The van der Waals surface area contributed by atoms with Gasteiger partial charge in [0.1, 0.15) is 0 Å². The van der Waals surface area contributed by atoms with Crippen molar-refractivity contribution in [3.8, 4) is 0 Å². The Labute approximate surface area is 140 Å². The Morgan fingerprint density at radius 1 is 1.18 bits per heavy atom. The van der Waals surface area contributed by atoms with Gasteiger partial charge in [0.2, 0.25) is 5.13 Å². The third kappa shape index (κ3) is 4.69. The summed E-state index contributed by atoms with van der Waals surface area (Å²) in [5, 5.41) is 8.45. The van der Waals surface area contributed by atoms with Gasteiger partial charge in [0.25, 0.3) is 0 Å². The van der Waals surface area contributed by atoms with Crippen LogP contribution >= 0.6 is 23.1 Å². The molecule has 1 aromatic heterocycles. The minimum absolute atomic E-state index is 0.559. The van der Waals surface area contributed by atoms with E-state index >= 15 is 0 Å². The van der Waals surface area contributed by atoms with Crippen LogP contribution in [0.5, 0.6) is 0 Å². The molecule has 1 aliphatic heterocycles. The van der Waals surface area contributed by atoms with Gasteiger partial charge in [-0.3, -0.25) is 0 Å². The monoisotopic (exact) mass is 334 g/mol. The number of hydrogen-bond acceptors (Lipinski definition) is 6. The maximum Gasteiger partial charge on any atom is 0.203 e. The molecule has 0 saturated carbocycles. The normalized spacial score (nSPS) is 16.9. The number of nitrogen functional groups attached to an aromatic ring is 1. The van der Waals surface area contributed by atoms with Crippen LogP contribution in [-0.4, -0.2) is 40.5 Å². The van der Waals surface area contributed by atoms with Crippen molar-refractivity contribution in [2.45, 2.75) is 23.6 Å². The van der Waals surface area contributed by atoms with E-state index < -0.39 is 0 Å². The fourth-order valence-electron chi connectivity index (χ4n) is 2.90. The van der Waals surface area contributed by atoms with Gasteiger partial charge in [-0.25, -0.2) is 0 Å². The predicted octanol–water partition coefficient (Wildman–Crippen LogP) is 3.17. The molecule has 4 nitrogen and oxygen atoms in total. The SMILES string of the molecule is Nc1nnc(SCCN2CCC(Cc3ccccc3)CC2)s1. The fraction of sp³-hybridized carbons (Fsp3) is 0.500.